The molecular weight excluding hydrogens is 350 g/mol. The van der Waals surface area contributed by atoms with Crippen molar-refractivity contribution in [1.82, 2.24) is 5.01 Å². The number of amides is 1. The van der Waals surface area contributed by atoms with Crippen molar-refractivity contribution in [2.75, 3.05) is 25.6 Å². The van der Waals surface area contributed by atoms with Crippen molar-refractivity contribution in [2.24, 2.45) is 11.8 Å². The zero-order chi connectivity index (χ0) is 19.7. The van der Waals surface area contributed by atoms with Crippen LogP contribution in [0.4, 0.5) is 5.69 Å². The minimum Gasteiger partial charge on any atom is -0.496 e. The highest BCUT2D eigenvalue weighted by molar-refractivity contribution is 5.96. The lowest BCUT2D eigenvalue weighted by Gasteiger charge is -2.39. The molecule has 2 atom stereocenters. The Bertz CT molecular complexity index is 852. The number of anilines is 1. The number of carbonyl (C=O) groups is 1. The molecule has 28 heavy (non-hydrogen) atoms. The highest BCUT2D eigenvalue weighted by Crippen LogP contribution is 2.40. The van der Waals surface area contributed by atoms with E-state index in [4.69, 9.17) is 10.6 Å². The second-order valence-corrected chi connectivity index (χ2v) is 7.95. The molecule has 4 rings (SSSR count). The van der Waals surface area contributed by atoms with Gasteiger partial charge in [-0.1, -0.05) is 36.4 Å². The van der Waals surface area contributed by atoms with Crippen molar-refractivity contribution >= 4 is 11.6 Å². The molecule has 0 aliphatic carbocycles. The van der Waals surface area contributed by atoms with E-state index in [1.165, 1.54) is 16.7 Å². The summed E-state index contributed by atoms with van der Waals surface area (Å²) in [6.45, 7) is 0.921. The van der Waals surface area contributed by atoms with Gasteiger partial charge < -0.3 is 9.64 Å². The lowest BCUT2D eigenvalue weighted by Crippen LogP contribution is -2.44. The van der Waals surface area contributed by atoms with E-state index in [1.807, 2.05) is 24.2 Å². The Morgan fingerprint density at radius 2 is 1.96 bits per heavy atom. The predicted molar refractivity (Wildman–Crippen MR) is 111 cm³/mol. The first-order valence-corrected chi connectivity index (χ1v) is 10.1. The fourth-order valence-electron chi connectivity index (χ4n) is 4.78. The van der Waals surface area contributed by atoms with Crippen molar-refractivity contribution in [3.8, 4) is 5.75 Å². The molecule has 0 bridgehead atoms. The minimum absolute atomic E-state index is 0.164. The van der Waals surface area contributed by atoms with E-state index in [-0.39, 0.29) is 11.9 Å². The summed E-state index contributed by atoms with van der Waals surface area (Å²) in [5, 5.41) is 2.00. The first-order valence-electron chi connectivity index (χ1n) is 10.1. The van der Waals surface area contributed by atoms with E-state index in [1.54, 1.807) is 12.0 Å². The van der Waals surface area contributed by atoms with Gasteiger partial charge in [0.25, 0.3) is 0 Å². The summed E-state index contributed by atoms with van der Waals surface area (Å²) in [4.78, 5) is 13.8. The van der Waals surface area contributed by atoms with Gasteiger partial charge in [0, 0.05) is 26.1 Å². The van der Waals surface area contributed by atoms with Crippen molar-refractivity contribution in [2.45, 2.75) is 38.1 Å². The van der Waals surface area contributed by atoms with Crippen LogP contribution in [0.25, 0.3) is 0 Å². The van der Waals surface area contributed by atoms with E-state index < -0.39 is 0 Å². The highest BCUT2D eigenvalue weighted by atomic mass is 16.5. The third kappa shape index (κ3) is 3.52. The van der Waals surface area contributed by atoms with Gasteiger partial charge in [-0.05, 0) is 48.3 Å². The molecular formula is C23H29N3O2. The van der Waals surface area contributed by atoms with Gasteiger partial charge in [0.2, 0.25) is 5.91 Å². The number of carbonyl (C=O) groups excluding carboxylic acids is 1. The van der Waals surface area contributed by atoms with Gasteiger partial charge in [-0.25, -0.2) is 5.01 Å². The number of nitrogens with zero attached hydrogens (tertiary/aromatic N) is 2. The summed E-state index contributed by atoms with van der Waals surface area (Å²) in [5.74, 6) is 7.88. The highest BCUT2D eigenvalue weighted by Gasteiger charge is 2.32. The van der Waals surface area contributed by atoms with Crippen LogP contribution in [-0.2, 0) is 17.6 Å². The number of hydrazine groups is 1. The molecule has 5 heteroatoms. The maximum Gasteiger partial charge on any atom is 0.227 e. The van der Waals surface area contributed by atoms with Crippen LogP contribution >= 0.6 is 0 Å². The third-order valence-corrected chi connectivity index (χ3v) is 6.24. The van der Waals surface area contributed by atoms with Gasteiger partial charge in [-0.3, -0.25) is 10.6 Å². The number of nitrogens with two attached hydrogens (primary N) is 1. The van der Waals surface area contributed by atoms with E-state index in [2.05, 4.69) is 30.3 Å². The molecule has 5 nitrogen and oxygen atoms in total. The Morgan fingerprint density at radius 1 is 1.18 bits per heavy atom. The van der Waals surface area contributed by atoms with Gasteiger partial charge in [-0.2, -0.15) is 0 Å². The maximum atomic E-state index is 12.1. The first kappa shape index (κ1) is 19.0. The van der Waals surface area contributed by atoms with Gasteiger partial charge >= 0.3 is 0 Å². The van der Waals surface area contributed by atoms with Crippen LogP contribution < -0.4 is 15.5 Å². The number of piperidine rings is 1. The number of benzene rings is 2. The normalized spacial score (nSPS) is 22.8. The summed E-state index contributed by atoms with van der Waals surface area (Å²) in [5.41, 5.74) is 4.69. The number of hydrogen-bond donors (Lipinski definition) is 1. The standard InChI is InChI=1S/C23H29N3O2/c1-25-20-15-21(28-2)19(13-17(20)10-11-22(25)27)14-18-9-6-12-26(24)23(18)16-7-4-3-5-8-16/h3-5,7-8,13,15,18,23H,6,9-12,14,24H2,1-2H3/t18-,23+/m0/s1. The van der Waals surface area contributed by atoms with Crippen molar-refractivity contribution in [3.63, 3.8) is 0 Å². The molecule has 2 aliphatic heterocycles. The molecule has 2 heterocycles. The molecule has 2 N–H and O–H groups in total. The molecule has 2 aliphatic rings. The second kappa shape index (κ2) is 7.94. The molecule has 0 spiro atoms. The average Bonchev–Trinajstić information content (AvgIpc) is 2.71. The quantitative estimate of drug-likeness (QED) is 0.827. The van der Waals surface area contributed by atoms with Crippen LogP contribution in [0.5, 0.6) is 5.75 Å². The van der Waals surface area contributed by atoms with Gasteiger partial charge in [0.15, 0.2) is 0 Å². The van der Waals surface area contributed by atoms with Gasteiger partial charge in [0.1, 0.15) is 5.75 Å². The number of methoxy groups -OCH3 is 1. The summed E-state index contributed by atoms with van der Waals surface area (Å²) in [6, 6.07) is 15.0. The van der Waals surface area contributed by atoms with Crippen LogP contribution in [-0.4, -0.2) is 31.6 Å². The lowest BCUT2D eigenvalue weighted by atomic mass is 9.81. The van der Waals surface area contributed by atoms with Crippen molar-refractivity contribution < 1.29 is 9.53 Å². The molecule has 148 valence electrons. The van der Waals surface area contributed by atoms with E-state index in [9.17, 15) is 4.79 Å². The van der Waals surface area contributed by atoms with Crippen LogP contribution in [0.3, 0.4) is 0 Å². The van der Waals surface area contributed by atoms with E-state index >= 15 is 0 Å². The minimum atomic E-state index is 0.164. The topological polar surface area (TPSA) is 58.8 Å². The van der Waals surface area contributed by atoms with Crippen LogP contribution in [0, 0.1) is 5.92 Å². The molecule has 0 unspecified atom stereocenters. The summed E-state index contributed by atoms with van der Waals surface area (Å²) >= 11 is 0. The predicted octanol–water partition coefficient (Wildman–Crippen LogP) is 3.47. The fraction of sp³-hybridized carbons (Fsp3) is 0.435. The lowest BCUT2D eigenvalue weighted by molar-refractivity contribution is -0.118. The number of aryl methyl sites for hydroxylation is 1. The number of fused-ring (bicyclic) bond motifs is 1. The van der Waals surface area contributed by atoms with Crippen LogP contribution in [0.1, 0.15) is 42.0 Å². The monoisotopic (exact) mass is 379 g/mol. The Kier molecular flexibility index (Phi) is 5.38. The number of ether oxygens (including phenoxy) is 1. The third-order valence-electron chi connectivity index (χ3n) is 6.24. The average molecular weight is 380 g/mol. The molecule has 1 saturated heterocycles. The number of hydrogen-bond acceptors (Lipinski definition) is 4. The van der Waals surface area contributed by atoms with Gasteiger partial charge in [0.05, 0.1) is 18.8 Å². The van der Waals surface area contributed by atoms with Crippen LogP contribution in [0.15, 0.2) is 42.5 Å². The number of rotatable bonds is 4. The van der Waals surface area contributed by atoms with Crippen LogP contribution in [0.2, 0.25) is 0 Å². The summed E-state index contributed by atoms with van der Waals surface area (Å²) < 4.78 is 5.72. The summed E-state index contributed by atoms with van der Waals surface area (Å²) in [6.07, 6.45) is 4.54. The van der Waals surface area contributed by atoms with E-state index in [0.717, 1.165) is 43.7 Å². The Morgan fingerprint density at radius 3 is 2.71 bits per heavy atom. The molecule has 1 fully saturated rings. The maximum absolute atomic E-state index is 12.1. The summed E-state index contributed by atoms with van der Waals surface area (Å²) in [7, 11) is 3.55. The second-order valence-electron chi connectivity index (χ2n) is 7.95. The van der Waals surface area contributed by atoms with Crippen molar-refractivity contribution in [1.29, 1.82) is 0 Å². The Labute approximate surface area is 167 Å². The smallest absolute Gasteiger partial charge is 0.227 e. The molecule has 2 aromatic carbocycles. The zero-order valence-electron chi connectivity index (χ0n) is 16.7. The molecule has 0 saturated carbocycles. The van der Waals surface area contributed by atoms with Crippen molar-refractivity contribution in [3.05, 3.63) is 59.2 Å². The van der Waals surface area contributed by atoms with Gasteiger partial charge in [-0.15, -0.1) is 0 Å². The SMILES string of the molecule is COc1cc2c(cc1C[C@@H]1CCCN(N)[C@@H]1c1ccccc1)CCC(=O)N2C. The Balaban J connectivity index is 1.66. The molecule has 1 amide bonds. The molecule has 0 radical (unpaired) electrons. The Hall–Kier alpha value is -2.37. The zero-order valence-corrected chi connectivity index (χ0v) is 16.7. The fourth-order valence-corrected chi connectivity index (χ4v) is 4.78. The largest absolute Gasteiger partial charge is 0.496 e. The van der Waals surface area contributed by atoms with E-state index in [0.29, 0.717) is 12.3 Å². The molecule has 2 aromatic rings. The first-order chi connectivity index (χ1) is 13.6. The molecule has 0 aromatic heterocycles.